The minimum absolute atomic E-state index is 0.0528. The Morgan fingerprint density at radius 1 is 1.29 bits per heavy atom. The predicted molar refractivity (Wildman–Crippen MR) is 61.8 cm³/mol. The van der Waals surface area contributed by atoms with Gasteiger partial charge in [-0.1, -0.05) is 0 Å². The molecule has 0 fully saturated rings. The van der Waals surface area contributed by atoms with E-state index in [2.05, 4.69) is 0 Å². The summed E-state index contributed by atoms with van der Waals surface area (Å²) in [7, 11) is 0. The van der Waals surface area contributed by atoms with Crippen molar-refractivity contribution < 1.29 is 24.5 Å². The van der Waals surface area contributed by atoms with Crippen LogP contribution in [-0.4, -0.2) is 36.0 Å². The highest BCUT2D eigenvalue weighted by atomic mass is 16.5. The molecule has 0 atom stereocenters. The molecule has 0 aromatic heterocycles. The molecule has 5 nitrogen and oxygen atoms in total. The Balaban J connectivity index is 2.83. The molecule has 17 heavy (non-hydrogen) atoms. The molecule has 0 radical (unpaired) electrons. The SMILES string of the molecule is CCOc1cc(C(=O)O)ccc1OCCCO. The number of hydrogen-bond acceptors (Lipinski definition) is 4. The molecular formula is C12H16O5. The third kappa shape index (κ3) is 3.96. The molecule has 1 aromatic rings. The number of hydrogen-bond donors (Lipinski definition) is 2. The van der Waals surface area contributed by atoms with E-state index in [0.29, 0.717) is 31.1 Å². The molecule has 1 rings (SSSR count). The summed E-state index contributed by atoms with van der Waals surface area (Å²) in [5, 5.41) is 17.5. The molecule has 2 N–H and O–H groups in total. The number of rotatable bonds is 7. The molecule has 0 saturated heterocycles. The van der Waals surface area contributed by atoms with E-state index in [-0.39, 0.29) is 12.2 Å². The van der Waals surface area contributed by atoms with Crippen molar-refractivity contribution in [3.63, 3.8) is 0 Å². The highest BCUT2D eigenvalue weighted by Gasteiger charge is 2.10. The van der Waals surface area contributed by atoms with Crippen LogP contribution >= 0.6 is 0 Å². The summed E-state index contributed by atoms with van der Waals surface area (Å²) >= 11 is 0. The van der Waals surface area contributed by atoms with Crippen molar-refractivity contribution in [3.8, 4) is 11.5 Å². The van der Waals surface area contributed by atoms with Crippen LogP contribution in [0, 0.1) is 0 Å². The zero-order valence-corrected chi connectivity index (χ0v) is 9.68. The van der Waals surface area contributed by atoms with E-state index in [4.69, 9.17) is 19.7 Å². The van der Waals surface area contributed by atoms with Gasteiger partial charge in [0.05, 0.1) is 18.8 Å². The van der Waals surface area contributed by atoms with Crippen molar-refractivity contribution in [2.75, 3.05) is 19.8 Å². The summed E-state index contributed by atoms with van der Waals surface area (Å²) < 4.78 is 10.7. The monoisotopic (exact) mass is 240 g/mol. The summed E-state index contributed by atoms with van der Waals surface area (Å²) in [5.74, 6) is -0.108. The van der Waals surface area contributed by atoms with Crippen LogP contribution in [0.5, 0.6) is 11.5 Å². The van der Waals surface area contributed by atoms with Gasteiger partial charge in [-0.25, -0.2) is 4.79 Å². The van der Waals surface area contributed by atoms with Crippen LogP contribution < -0.4 is 9.47 Å². The zero-order valence-electron chi connectivity index (χ0n) is 9.68. The quantitative estimate of drug-likeness (QED) is 0.707. The van der Waals surface area contributed by atoms with Crippen LogP contribution in [0.15, 0.2) is 18.2 Å². The van der Waals surface area contributed by atoms with Gasteiger partial charge in [0.25, 0.3) is 0 Å². The Hall–Kier alpha value is -1.75. The van der Waals surface area contributed by atoms with Crippen molar-refractivity contribution in [2.24, 2.45) is 0 Å². The molecule has 0 spiro atoms. The van der Waals surface area contributed by atoms with Crippen LogP contribution in [0.4, 0.5) is 0 Å². The lowest BCUT2D eigenvalue weighted by molar-refractivity contribution is 0.0696. The van der Waals surface area contributed by atoms with Gasteiger partial charge in [0, 0.05) is 13.0 Å². The third-order valence-corrected chi connectivity index (χ3v) is 2.05. The van der Waals surface area contributed by atoms with Crippen LogP contribution in [0.1, 0.15) is 23.7 Å². The van der Waals surface area contributed by atoms with Gasteiger partial charge in [-0.05, 0) is 25.1 Å². The van der Waals surface area contributed by atoms with Crippen molar-refractivity contribution in [3.05, 3.63) is 23.8 Å². The lowest BCUT2D eigenvalue weighted by atomic mass is 10.2. The second-order valence-corrected chi connectivity index (χ2v) is 3.33. The van der Waals surface area contributed by atoms with E-state index in [9.17, 15) is 4.79 Å². The van der Waals surface area contributed by atoms with Crippen LogP contribution in [0.2, 0.25) is 0 Å². The van der Waals surface area contributed by atoms with Gasteiger partial charge in [0.2, 0.25) is 0 Å². The summed E-state index contributed by atoms with van der Waals surface area (Å²) in [4.78, 5) is 10.8. The van der Waals surface area contributed by atoms with E-state index in [1.807, 2.05) is 6.92 Å². The Morgan fingerprint density at radius 2 is 2.06 bits per heavy atom. The molecule has 0 aliphatic carbocycles. The van der Waals surface area contributed by atoms with Crippen molar-refractivity contribution in [1.29, 1.82) is 0 Å². The molecule has 0 aliphatic heterocycles. The van der Waals surface area contributed by atoms with Gasteiger partial charge in [0.15, 0.2) is 11.5 Å². The molecule has 0 unspecified atom stereocenters. The number of aliphatic hydroxyl groups is 1. The normalized spacial score (nSPS) is 10.0. The average molecular weight is 240 g/mol. The standard InChI is InChI=1S/C12H16O5/c1-2-16-11-8-9(12(14)15)4-5-10(11)17-7-3-6-13/h4-5,8,13H,2-3,6-7H2,1H3,(H,14,15). The average Bonchev–Trinajstić information content (AvgIpc) is 2.31. The Labute approximate surface area is 99.6 Å². The number of carbonyl (C=O) groups is 1. The minimum Gasteiger partial charge on any atom is -0.490 e. The maximum atomic E-state index is 10.8. The van der Waals surface area contributed by atoms with Crippen LogP contribution in [0.3, 0.4) is 0 Å². The minimum atomic E-state index is -1.01. The summed E-state index contributed by atoms with van der Waals surface area (Å²) in [6.45, 7) is 2.66. The number of benzene rings is 1. The van der Waals surface area contributed by atoms with Gasteiger partial charge in [-0.2, -0.15) is 0 Å². The van der Waals surface area contributed by atoms with Crippen molar-refractivity contribution in [2.45, 2.75) is 13.3 Å². The van der Waals surface area contributed by atoms with Crippen LogP contribution in [-0.2, 0) is 0 Å². The molecular weight excluding hydrogens is 224 g/mol. The fraction of sp³-hybridized carbons (Fsp3) is 0.417. The van der Waals surface area contributed by atoms with Crippen LogP contribution in [0.25, 0.3) is 0 Å². The first-order valence-electron chi connectivity index (χ1n) is 5.42. The number of aliphatic hydroxyl groups excluding tert-OH is 1. The lowest BCUT2D eigenvalue weighted by Crippen LogP contribution is -2.04. The fourth-order valence-corrected chi connectivity index (χ4v) is 1.28. The Kier molecular flexibility index (Phi) is 5.29. The molecule has 5 heteroatoms. The van der Waals surface area contributed by atoms with E-state index in [1.54, 1.807) is 6.07 Å². The molecule has 0 aliphatic rings. The molecule has 0 saturated carbocycles. The van der Waals surface area contributed by atoms with E-state index in [1.165, 1.54) is 12.1 Å². The van der Waals surface area contributed by atoms with E-state index >= 15 is 0 Å². The topological polar surface area (TPSA) is 76.0 Å². The van der Waals surface area contributed by atoms with Crippen molar-refractivity contribution in [1.82, 2.24) is 0 Å². The summed E-state index contributed by atoms with van der Waals surface area (Å²) in [6.07, 6.45) is 0.520. The second kappa shape index (κ2) is 6.75. The highest BCUT2D eigenvalue weighted by Crippen LogP contribution is 2.28. The van der Waals surface area contributed by atoms with Gasteiger partial charge in [0.1, 0.15) is 0 Å². The molecule has 1 aromatic carbocycles. The number of aromatic carboxylic acids is 1. The number of ether oxygens (including phenoxy) is 2. The summed E-state index contributed by atoms with van der Waals surface area (Å²) in [5.41, 5.74) is 0.156. The number of carboxylic acid groups (broad SMARTS) is 1. The molecule has 0 bridgehead atoms. The van der Waals surface area contributed by atoms with E-state index < -0.39 is 5.97 Å². The molecule has 0 heterocycles. The first-order chi connectivity index (χ1) is 8.19. The Morgan fingerprint density at radius 3 is 2.65 bits per heavy atom. The largest absolute Gasteiger partial charge is 0.490 e. The third-order valence-electron chi connectivity index (χ3n) is 2.05. The summed E-state index contributed by atoms with van der Waals surface area (Å²) in [6, 6.07) is 4.45. The molecule has 94 valence electrons. The first-order valence-corrected chi connectivity index (χ1v) is 5.42. The zero-order chi connectivity index (χ0) is 12.7. The second-order valence-electron chi connectivity index (χ2n) is 3.33. The predicted octanol–water partition coefficient (Wildman–Crippen LogP) is 1.54. The van der Waals surface area contributed by atoms with Gasteiger partial charge < -0.3 is 19.7 Å². The van der Waals surface area contributed by atoms with Gasteiger partial charge in [-0.15, -0.1) is 0 Å². The van der Waals surface area contributed by atoms with E-state index in [0.717, 1.165) is 0 Å². The van der Waals surface area contributed by atoms with Gasteiger partial charge >= 0.3 is 5.97 Å². The smallest absolute Gasteiger partial charge is 0.335 e. The fourth-order valence-electron chi connectivity index (χ4n) is 1.28. The lowest BCUT2D eigenvalue weighted by Gasteiger charge is -2.12. The maximum absolute atomic E-state index is 10.8. The number of carboxylic acids is 1. The first kappa shape index (κ1) is 13.3. The molecule has 0 amide bonds. The highest BCUT2D eigenvalue weighted by molar-refractivity contribution is 5.88. The Bertz CT molecular complexity index is 375. The van der Waals surface area contributed by atoms with Crippen molar-refractivity contribution >= 4 is 5.97 Å². The van der Waals surface area contributed by atoms with Gasteiger partial charge in [-0.3, -0.25) is 0 Å². The maximum Gasteiger partial charge on any atom is 0.335 e.